The second-order valence-electron chi connectivity index (χ2n) is 2.88. The molecule has 0 saturated carbocycles. The third-order valence-electron chi connectivity index (χ3n) is 1.82. The third-order valence-corrected chi connectivity index (χ3v) is 2.07. The van der Waals surface area contributed by atoms with Crippen LogP contribution >= 0.6 is 11.6 Å². The van der Waals surface area contributed by atoms with E-state index in [2.05, 4.69) is 10.2 Å². The molecule has 0 aliphatic carbocycles. The largest absolute Gasteiger partial charge is 0.397 e. The van der Waals surface area contributed by atoms with E-state index >= 15 is 0 Å². The van der Waals surface area contributed by atoms with E-state index in [1.807, 2.05) is 24.3 Å². The van der Waals surface area contributed by atoms with E-state index in [1.54, 1.807) is 6.07 Å². The highest BCUT2D eigenvalue weighted by Gasteiger charge is 1.99. The predicted octanol–water partition coefficient (Wildman–Crippen LogP) is 2.38. The van der Waals surface area contributed by atoms with Crippen molar-refractivity contribution in [2.75, 3.05) is 5.73 Å². The highest BCUT2D eigenvalue weighted by Crippen LogP contribution is 2.19. The monoisotopic (exact) mass is 205 g/mol. The van der Waals surface area contributed by atoms with Crippen LogP contribution in [0, 0.1) is 0 Å². The molecule has 14 heavy (non-hydrogen) atoms. The molecule has 0 aliphatic rings. The first-order chi connectivity index (χ1) is 6.75. The lowest BCUT2D eigenvalue weighted by molar-refractivity contribution is 1.04. The summed E-state index contributed by atoms with van der Waals surface area (Å²) in [5.74, 6) is 0. The Kier molecular flexibility index (Phi) is 2.33. The molecule has 0 radical (unpaired) electrons. The Morgan fingerprint density at radius 1 is 1.14 bits per heavy atom. The van der Waals surface area contributed by atoms with E-state index in [9.17, 15) is 0 Å². The first-order valence-electron chi connectivity index (χ1n) is 4.10. The van der Waals surface area contributed by atoms with Crippen LogP contribution in [0.4, 0.5) is 5.69 Å². The second-order valence-corrected chi connectivity index (χ2v) is 3.32. The molecule has 2 N–H and O–H groups in total. The zero-order valence-electron chi connectivity index (χ0n) is 7.31. The molecule has 0 fully saturated rings. The summed E-state index contributed by atoms with van der Waals surface area (Å²) in [5.41, 5.74) is 7.90. The standard InChI is InChI=1S/C10H8ClN3/c11-8-3-1-7(2-4-8)10-5-9(12)6-13-14-10/h1-6H,(H2,12,14). The fraction of sp³-hybridized carbons (Fsp3) is 0. The normalized spacial score (nSPS) is 10.1. The van der Waals surface area contributed by atoms with Gasteiger partial charge in [-0.15, -0.1) is 0 Å². The molecular weight excluding hydrogens is 198 g/mol. The van der Waals surface area contributed by atoms with Crippen molar-refractivity contribution in [2.45, 2.75) is 0 Å². The summed E-state index contributed by atoms with van der Waals surface area (Å²) in [4.78, 5) is 0. The zero-order valence-corrected chi connectivity index (χ0v) is 8.07. The summed E-state index contributed by atoms with van der Waals surface area (Å²) in [5, 5.41) is 8.44. The van der Waals surface area contributed by atoms with Crippen molar-refractivity contribution >= 4 is 17.3 Å². The fourth-order valence-electron chi connectivity index (χ4n) is 1.14. The minimum atomic E-state index is 0.602. The van der Waals surface area contributed by atoms with Gasteiger partial charge in [0.05, 0.1) is 17.6 Å². The SMILES string of the molecule is Nc1cnnc(-c2ccc(Cl)cc2)c1. The lowest BCUT2D eigenvalue weighted by Crippen LogP contribution is -1.91. The van der Waals surface area contributed by atoms with Gasteiger partial charge >= 0.3 is 0 Å². The maximum absolute atomic E-state index is 5.77. The van der Waals surface area contributed by atoms with Gasteiger partial charge in [0.25, 0.3) is 0 Å². The van der Waals surface area contributed by atoms with E-state index in [-0.39, 0.29) is 0 Å². The number of rotatable bonds is 1. The van der Waals surface area contributed by atoms with Crippen LogP contribution in [-0.2, 0) is 0 Å². The van der Waals surface area contributed by atoms with Gasteiger partial charge in [0.15, 0.2) is 0 Å². The van der Waals surface area contributed by atoms with E-state index in [0.29, 0.717) is 10.7 Å². The molecule has 0 saturated heterocycles. The van der Waals surface area contributed by atoms with Crippen LogP contribution in [0.5, 0.6) is 0 Å². The molecule has 0 atom stereocenters. The number of halogens is 1. The van der Waals surface area contributed by atoms with E-state index in [4.69, 9.17) is 17.3 Å². The number of anilines is 1. The number of nitrogens with zero attached hydrogens (tertiary/aromatic N) is 2. The average molecular weight is 206 g/mol. The number of nitrogens with two attached hydrogens (primary N) is 1. The molecule has 4 heteroatoms. The van der Waals surface area contributed by atoms with E-state index in [1.165, 1.54) is 6.20 Å². The van der Waals surface area contributed by atoms with Gasteiger partial charge in [-0.2, -0.15) is 10.2 Å². The van der Waals surface area contributed by atoms with Crippen LogP contribution in [0.15, 0.2) is 36.5 Å². The van der Waals surface area contributed by atoms with Crippen molar-refractivity contribution in [1.29, 1.82) is 0 Å². The first kappa shape index (κ1) is 8.97. The van der Waals surface area contributed by atoms with Gasteiger partial charge in [-0.05, 0) is 18.2 Å². The molecule has 2 rings (SSSR count). The van der Waals surface area contributed by atoms with Gasteiger partial charge < -0.3 is 5.73 Å². The van der Waals surface area contributed by atoms with Crippen LogP contribution in [0.1, 0.15) is 0 Å². The van der Waals surface area contributed by atoms with Crippen molar-refractivity contribution < 1.29 is 0 Å². The maximum Gasteiger partial charge on any atom is 0.0950 e. The van der Waals surface area contributed by atoms with Gasteiger partial charge in [-0.1, -0.05) is 23.7 Å². The Labute approximate surface area is 86.5 Å². The molecule has 0 spiro atoms. The molecule has 0 bridgehead atoms. The summed E-state index contributed by atoms with van der Waals surface area (Å²) in [6.45, 7) is 0. The van der Waals surface area contributed by atoms with Gasteiger partial charge in [0.2, 0.25) is 0 Å². The predicted molar refractivity (Wildman–Crippen MR) is 56.9 cm³/mol. The van der Waals surface area contributed by atoms with E-state index < -0.39 is 0 Å². The zero-order chi connectivity index (χ0) is 9.97. The Balaban J connectivity index is 2.44. The Morgan fingerprint density at radius 3 is 2.50 bits per heavy atom. The van der Waals surface area contributed by atoms with Crippen LogP contribution < -0.4 is 5.73 Å². The lowest BCUT2D eigenvalue weighted by atomic mass is 10.1. The highest BCUT2D eigenvalue weighted by atomic mass is 35.5. The van der Waals surface area contributed by atoms with Crippen molar-refractivity contribution in [2.24, 2.45) is 0 Å². The molecule has 3 nitrogen and oxygen atoms in total. The summed E-state index contributed by atoms with van der Waals surface area (Å²) < 4.78 is 0. The molecule has 1 heterocycles. The Morgan fingerprint density at radius 2 is 1.86 bits per heavy atom. The first-order valence-corrected chi connectivity index (χ1v) is 4.47. The lowest BCUT2D eigenvalue weighted by Gasteiger charge is -2.00. The minimum Gasteiger partial charge on any atom is -0.397 e. The third kappa shape index (κ3) is 1.83. The van der Waals surface area contributed by atoms with Crippen LogP contribution in [0.25, 0.3) is 11.3 Å². The van der Waals surface area contributed by atoms with Crippen molar-refractivity contribution in [3.8, 4) is 11.3 Å². The second kappa shape index (κ2) is 3.64. The van der Waals surface area contributed by atoms with Crippen molar-refractivity contribution in [3.63, 3.8) is 0 Å². The molecule has 1 aromatic carbocycles. The number of hydrogen-bond acceptors (Lipinski definition) is 3. The molecule has 2 aromatic rings. The highest BCUT2D eigenvalue weighted by molar-refractivity contribution is 6.30. The van der Waals surface area contributed by atoms with Crippen molar-refractivity contribution in [3.05, 3.63) is 41.6 Å². The van der Waals surface area contributed by atoms with Gasteiger partial charge in [-0.25, -0.2) is 0 Å². The number of hydrogen-bond donors (Lipinski definition) is 1. The number of aromatic nitrogens is 2. The molecule has 1 aromatic heterocycles. The topological polar surface area (TPSA) is 51.8 Å². The molecular formula is C10H8ClN3. The smallest absolute Gasteiger partial charge is 0.0950 e. The van der Waals surface area contributed by atoms with E-state index in [0.717, 1.165) is 11.3 Å². The summed E-state index contributed by atoms with van der Waals surface area (Å²) >= 11 is 5.77. The summed E-state index contributed by atoms with van der Waals surface area (Å²) in [6.07, 6.45) is 1.51. The van der Waals surface area contributed by atoms with Crippen LogP contribution in [0.3, 0.4) is 0 Å². The average Bonchev–Trinajstić information content (AvgIpc) is 2.19. The maximum atomic E-state index is 5.77. The van der Waals surface area contributed by atoms with Crippen LogP contribution in [-0.4, -0.2) is 10.2 Å². The summed E-state index contributed by atoms with van der Waals surface area (Å²) in [6, 6.07) is 9.15. The molecule has 0 unspecified atom stereocenters. The molecule has 0 aliphatic heterocycles. The number of nitrogen functional groups attached to an aromatic ring is 1. The van der Waals surface area contributed by atoms with Gasteiger partial charge in [0.1, 0.15) is 0 Å². The quantitative estimate of drug-likeness (QED) is 0.778. The van der Waals surface area contributed by atoms with Crippen molar-refractivity contribution in [1.82, 2.24) is 10.2 Å². The summed E-state index contributed by atoms with van der Waals surface area (Å²) in [7, 11) is 0. The number of benzene rings is 1. The fourth-order valence-corrected chi connectivity index (χ4v) is 1.27. The van der Waals surface area contributed by atoms with Gasteiger partial charge in [-0.3, -0.25) is 0 Å². The molecule has 70 valence electrons. The Hall–Kier alpha value is -1.61. The Bertz CT molecular complexity index is 439. The minimum absolute atomic E-state index is 0.602. The molecule has 0 amide bonds. The van der Waals surface area contributed by atoms with Crippen LogP contribution in [0.2, 0.25) is 5.02 Å². The van der Waals surface area contributed by atoms with Gasteiger partial charge in [0, 0.05) is 10.6 Å².